The van der Waals surface area contributed by atoms with Gasteiger partial charge in [-0.15, -0.1) is 0 Å². The Labute approximate surface area is 154 Å². The van der Waals surface area contributed by atoms with Gasteiger partial charge in [0.25, 0.3) is 5.91 Å². The van der Waals surface area contributed by atoms with Crippen molar-refractivity contribution in [2.45, 2.75) is 25.7 Å². The van der Waals surface area contributed by atoms with E-state index in [0.717, 1.165) is 36.2 Å². The highest BCUT2D eigenvalue weighted by atomic mass is 16.2. The van der Waals surface area contributed by atoms with Crippen LogP contribution < -0.4 is 10.6 Å². The smallest absolute Gasteiger partial charge is 0.317 e. The fourth-order valence-electron chi connectivity index (χ4n) is 3.43. The number of hydrogen-bond acceptors (Lipinski definition) is 2. The second kappa shape index (κ2) is 8.04. The van der Waals surface area contributed by atoms with Crippen LogP contribution in [0.4, 0.5) is 10.5 Å². The molecular formula is C21H25N3O2. The monoisotopic (exact) mass is 351 g/mol. The number of carbonyl (C=O) groups is 2. The zero-order chi connectivity index (χ0) is 18.5. The maximum Gasteiger partial charge on any atom is 0.317 e. The van der Waals surface area contributed by atoms with Crippen molar-refractivity contribution >= 4 is 17.6 Å². The van der Waals surface area contributed by atoms with E-state index in [9.17, 15) is 9.59 Å². The first kappa shape index (κ1) is 18.0. The van der Waals surface area contributed by atoms with Crippen LogP contribution >= 0.6 is 0 Å². The minimum absolute atomic E-state index is 0.0387. The molecule has 3 amide bonds. The number of anilines is 1. The van der Waals surface area contributed by atoms with Crippen molar-refractivity contribution < 1.29 is 9.59 Å². The molecule has 0 bridgehead atoms. The summed E-state index contributed by atoms with van der Waals surface area (Å²) in [5.41, 5.74) is 3.61. The molecule has 5 nitrogen and oxygen atoms in total. The van der Waals surface area contributed by atoms with E-state index >= 15 is 0 Å². The lowest BCUT2D eigenvalue weighted by Gasteiger charge is -2.32. The van der Waals surface area contributed by atoms with Gasteiger partial charge < -0.3 is 15.5 Å². The van der Waals surface area contributed by atoms with Gasteiger partial charge in [-0.2, -0.15) is 0 Å². The van der Waals surface area contributed by atoms with E-state index in [1.807, 2.05) is 60.4 Å². The topological polar surface area (TPSA) is 61.4 Å². The first-order valence-corrected chi connectivity index (χ1v) is 9.02. The summed E-state index contributed by atoms with van der Waals surface area (Å²) >= 11 is 0. The van der Waals surface area contributed by atoms with E-state index in [2.05, 4.69) is 10.6 Å². The Bertz CT molecular complexity index is 803. The minimum Gasteiger partial charge on any atom is -0.341 e. The lowest BCUT2D eigenvalue weighted by atomic mass is 9.89. The second-order valence-corrected chi connectivity index (χ2v) is 6.73. The van der Waals surface area contributed by atoms with Crippen LogP contribution in [0.3, 0.4) is 0 Å². The van der Waals surface area contributed by atoms with Crippen molar-refractivity contribution in [1.82, 2.24) is 10.2 Å². The number of rotatable bonds is 3. The van der Waals surface area contributed by atoms with Crippen LogP contribution in [-0.4, -0.2) is 37.0 Å². The molecule has 1 aliphatic heterocycles. The minimum atomic E-state index is -0.111. The third-order valence-electron chi connectivity index (χ3n) is 4.94. The molecule has 26 heavy (non-hydrogen) atoms. The first-order valence-electron chi connectivity index (χ1n) is 9.02. The van der Waals surface area contributed by atoms with E-state index in [1.165, 1.54) is 0 Å². The Morgan fingerprint density at radius 1 is 1.12 bits per heavy atom. The van der Waals surface area contributed by atoms with Crippen LogP contribution in [0.25, 0.3) is 0 Å². The SMILES string of the molecule is CNC(=O)N1CCC[C@@H](c2cccc(C(=O)Nc3ccccc3C)c2)C1. The van der Waals surface area contributed by atoms with Crippen LogP contribution in [0, 0.1) is 6.92 Å². The maximum absolute atomic E-state index is 12.6. The van der Waals surface area contributed by atoms with Crippen LogP contribution in [0.2, 0.25) is 0 Å². The van der Waals surface area contributed by atoms with E-state index < -0.39 is 0 Å². The molecule has 0 radical (unpaired) electrons. The van der Waals surface area contributed by atoms with Gasteiger partial charge in [0, 0.05) is 37.3 Å². The summed E-state index contributed by atoms with van der Waals surface area (Å²) in [5.74, 6) is 0.146. The Morgan fingerprint density at radius 2 is 1.92 bits per heavy atom. The van der Waals surface area contributed by atoms with Gasteiger partial charge in [-0.25, -0.2) is 4.79 Å². The molecule has 3 rings (SSSR count). The predicted octanol–water partition coefficient (Wildman–Crippen LogP) is 3.77. The van der Waals surface area contributed by atoms with Crippen molar-refractivity contribution in [3.8, 4) is 0 Å². The van der Waals surface area contributed by atoms with Crippen LogP contribution in [-0.2, 0) is 0 Å². The molecule has 0 unspecified atom stereocenters. The highest BCUT2D eigenvalue weighted by Gasteiger charge is 2.24. The quantitative estimate of drug-likeness (QED) is 0.884. The van der Waals surface area contributed by atoms with Crippen molar-refractivity contribution in [2.24, 2.45) is 0 Å². The fraction of sp³-hybridized carbons (Fsp3) is 0.333. The molecule has 2 aromatic rings. The van der Waals surface area contributed by atoms with Gasteiger partial charge in [0.2, 0.25) is 0 Å². The molecule has 5 heteroatoms. The number of urea groups is 1. The summed E-state index contributed by atoms with van der Waals surface area (Å²) in [7, 11) is 1.66. The molecule has 1 fully saturated rings. The molecule has 2 N–H and O–H groups in total. The summed E-state index contributed by atoms with van der Waals surface area (Å²) in [6.45, 7) is 3.44. The number of nitrogens with zero attached hydrogens (tertiary/aromatic N) is 1. The van der Waals surface area contributed by atoms with E-state index in [4.69, 9.17) is 0 Å². The Hall–Kier alpha value is -2.82. The standard InChI is InChI=1S/C21H25N3O2/c1-15-7-3-4-11-19(15)23-20(25)17-9-5-8-16(13-17)18-10-6-12-24(14-18)21(26)22-2/h3-5,7-9,11,13,18H,6,10,12,14H2,1-2H3,(H,22,26)(H,23,25)/t18-/m1/s1. The zero-order valence-electron chi connectivity index (χ0n) is 15.3. The van der Waals surface area contributed by atoms with Gasteiger partial charge in [0.05, 0.1) is 0 Å². The molecule has 136 valence electrons. The Morgan fingerprint density at radius 3 is 2.69 bits per heavy atom. The van der Waals surface area contributed by atoms with Crippen molar-refractivity contribution in [3.05, 3.63) is 65.2 Å². The summed E-state index contributed by atoms with van der Waals surface area (Å²) in [6, 6.07) is 15.4. The van der Waals surface area contributed by atoms with Gasteiger partial charge in [-0.3, -0.25) is 4.79 Å². The Balaban J connectivity index is 1.74. The first-order chi connectivity index (χ1) is 12.6. The number of hydrogen-bond donors (Lipinski definition) is 2. The van der Waals surface area contributed by atoms with Crippen molar-refractivity contribution in [1.29, 1.82) is 0 Å². The molecule has 0 spiro atoms. The zero-order valence-corrected chi connectivity index (χ0v) is 15.3. The lowest BCUT2D eigenvalue weighted by Crippen LogP contribution is -2.43. The molecule has 0 aromatic heterocycles. The average molecular weight is 351 g/mol. The number of carbonyl (C=O) groups excluding carboxylic acids is 2. The molecule has 1 aliphatic rings. The lowest BCUT2D eigenvalue weighted by molar-refractivity contribution is 0.102. The second-order valence-electron chi connectivity index (χ2n) is 6.73. The van der Waals surface area contributed by atoms with Gasteiger partial charge >= 0.3 is 6.03 Å². The summed E-state index contributed by atoms with van der Waals surface area (Å²) in [5, 5.41) is 5.67. The van der Waals surface area contributed by atoms with Gasteiger partial charge in [0.15, 0.2) is 0 Å². The summed E-state index contributed by atoms with van der Waals surface area (Å²) in [4.78, 5) is 26.4. The molecule has 0 saturated carbocycles. The maximum atomic E-state index is 12.6. The van der Waals surface area contributed by atoms with Gasteiger partial charge in [0.1, 0.15) is 0 Å². The van der Waals surface area contributed by atoms with E-state index in [1.54, 1.807) is 7.05 Å². The number of nitrogens with one attached hydrogen (secondary N) is 2. The molecule has 1 atom stereocenters. The normalized spacial score (nSPS) is 16.8. The van der Waals surface area contributed by atoms with Crippen LogP contribution in [0.15, 0.2) is 48.5 Å². The summed E-state index contributed by atoms with van der Waals surface area (Å²) < 4.78 is 0. The molecule has 1 saturated heterocycles. The number of piperidine rings is 1. The van der Waals surface area contributed by atoms with Crippen LogP contribution in [0.5, 0.6) is 0 Å². The van der Waals surface area contributed by atoms with E-state index in [-0.39, 0.29) is 17.9 Å². The van der Waals surface area contributed by atoms with Gasteiger partial charge in [-0.1, -0.05) is 30.3 Å². The number of para-hydroxylation sites is 1. The fourth-order valence-corrected chi connectivity index (χ4v) is 3.43. The molecular weight excluding hydrogens is 326 g/mol. The predicted molar refractivity (Wildman–Crippen MR) is 104 cm³/mol. The molecule has 2 aromatic carbocycles. The van der Waals surface area contributed by atoms with Gasteiger partial charge in [-0.05, 0) is 49.1 Å². The molecule has 0 aliphatic carbocycles. The highest BCUT2D eigenvalue weighted by Crippen LogP contribution is 2.27. The highest BCUT2D eigenvalue weighted by molar-refractivity contribution is 6.04. The number of likely N-dealkylation sites (tertiary alicyclic amines) is 1. The third-order valence-corrected chi connectivity index (χ3v) is 4.94. The molecule has 1 heterocycles. The Kier molecular flexibility index (Phi) is 5.56. The number of amides is 3. The average Bonchev–Trinajstić information content (AvgIpc) is 2.69. The van der Waals surface area contributed by atoms with Crippen molar-refractivity contribution in [2.75, 3.05) is 25.5 Å². The largest absolute Gasteiger partial charge is 0.341 e. The van der Waals surface area contributed by atoms with Crippen LogP contribution in [0.1, 0.15) is 40.2 Å². The van der Waals surface area contributed by atoms with E-state index in [0.29, 0.717) is 12.1 Å². The third kappa shape index (κ3) is 4.04. The number of benzene rings is 2. The van der Waals surface area contributed by atoms with Crippen molar-refractivity contribution in [3.63, 3.8) is 0 Å². The summed E-state index contributed by atoms with van der Waals surface area (Å²) in [6.07, 6.45) is 1.99. The number of aryl methyl sites for hydroxylation is 1.